The van der Waals surface area contributed by atoms with Crippen molar-refractivity contribution in [1.29, 1.82) is 0 Å². The number of anilines is 2. The molecule has 0 saturated heterocycles. The van der Waals surface area contributed by atoms with Crippen molar-refractivity contribution in [2.75, 3.05) is 36.2 Å². The second-order valence-corrected chi connectivity index (χ2v) is 5.58. The van der Waals surface area contributed by atoms with Crippen molar-refractivity contribution < 1.29 is 8.42 Å². The molecule has 1 heterocycles. The lowest BCUT2D eigenvalue weighted by Gasteiger charge is -2.17. The molecule has 1 aromatic heterocycles. The molecule has 0 atom stereocenters. The number of rotatable bonds is 4. The average molecular weight is 230 g/mol. The van der Waals surface area contributed by atoms with Crippen LogP contribution in [-0.2, 0) is 9.84 Å². The first-order valence-electron chi connectivity index (χ1n) is 4.36. The van der Waals surface area contributed by atoms with Crippen LogP contribution in [0.5, 0.6) is 0 Å². The number of aromatic nitrogens is 2. The van der Waals surface area contributed by atoms with Crippen LogP contribution >= 0.6 is 0 Å². The van der Waals surface area contributed by atoms with Crippen LogP contribution in [0.2, 0.25) is 0 Å². The minimum Gasteiger partial charge on any atom is -0.368 e. The third-order valence-electron chi connectivity index (χ3n) is 1.85. The fourth-order valence-corrected chi connectivity index (χ4v) is 1.60. The van der Waals surface area contributed by atoms with Gasteiger partial charge in [-0.3, -0.25) is 0 Å². The lowest BCUT2D eigenvalue weighted by atomic mass is 10.5. The van der Waals surface area contributed by atoms with Crippen LogP contribution in [0.25, 0.3) is 0 Å². The summed E-state index contributed by atoms with van der Waals surface area (Å²) in [7, 11) is -1.20. The van der Waals surface area contributed by atoms with Gasteiger partial charge in [0, 0.05) is 26.0 Å². The largest absolute Gasteiger partial charge is 0.368 e. The van der Waals surface area contributed by atoms with Gasteiger partial charge in [0.2, 0.25) is 5.95 Å². The number of nitrogens with two attached hydrogens (primary N) is 1. The Labute approximate surface area is 89.1 Å². The molecule has 6 nitrogen and oxygen atoms in total. The number of nitrogen functional groups attached to an aromatic ring is 1. The van der Waals surface area contributed by atoms with Crippen LogP contribution in [0.4, 0.5) is 11.8 Å². The van der Waals surface area contributed by atoms with E-state index < -0.39 is 9.84 Å². The first-order valence-corrected chi connectivity index (χ1v) is 6.42. The highest BCUT2D eigenvalue weighted by Crippen LogP contribution is 2.08. The van der Waals surface area contributed by atoms with E-state index in [-0.39, 0.29) is 11.7 Å². The zero-order valence-corrected chi connectivity index (χ0v) is 9.53. The molecule has 2 N–H and O–H groups in total. The van der Waals surface area contributed by atoms with Crippen LogP contribution in [0, 0.1) is 0 Å². The summed E-state index contributed by atoms with van der Waals surface area (Å²) in [6.07, 6.45) is 2.74. The molecule has 84 valence electrons. The van der Waals surface area contributed by atoms with E-state index in [0.29, 0.717) is 12.4 Å². The van der Waals surface area contributed by atoms with Gasteiger partial charge in [-0.25, -0.2) is 13.4 Å². The van der Waals surface area contributed by atoms with Gasteiger partial charge in [0.05, 0.1) is 5.75 Å². The Kier molecular flexibility index (Phi) is 3.46. The molecule has 0 aromatic carbocycles. The highest BCUT2D eigenvalue weighted by atomic mass is 32.2. The minimum absolute atomic E-state index is 0.0907. The van der Waals surface area contributed by atoms with Crippen LogP contribution in [0.3, 0.4) is 0 Å². The summed E-state index contributed by atoms with van der Waals surface area (Å²) in [6.45, 7) is 0.384. The summed E-state index contributed by atoms with van der Waals surface area (Å²) in [6, 6.07) is 1.68. The minimum atomic E-state index is -2.95. The Morgan fingerprint density at radius 1 is 1.53 bits per heavy atom. The van der Waals surface area contributed by atoms with E-state index in [1.54, 1.807) is 18.0 Å². The monoisotopic (exact) mass is 230 g/mol. The van der Waals surface area contributed by atoms with Crippen LogP contribution in [0.1, 0.15) is 0 Å². The molecule has 7 heteroatoms. The standard InChI is InChI=1S/C8H14N4O2S/c1-12(5-6-15(2,13)14)7-3-4-10-8(9)11-7/h3-4H,5-6H2,1-2H3,(H2,9,10,11). The summed E-state index contributed by atoms with van der Waals surface area (Å²) in [5, 5.41) is 0. The summed E-state index contributed by atoms with van der Waals surface area (Å²) in [5.74, 6) is 0.887. The molecule has 0 aliphatic carbocycles. The number of nitrogens with zero attached hydrogens (tertiary/aromatic N) is 3. The number of sulfone groups is 1. The first kappa shape index (κ1) is 11.7. The van der Waals surface area contributed by atoms with E-state index in [1.807, 2.05) is 0 Å². The first-order chi connectivity index (χ1) is 6.88. The quantitative estimate of drug-likeness (QED) is 0.753. The molecule has 1 rings (SSSR count). The van der Waals surface area contributed by atoms with Gasteiger partial charge in [-0.1, -0.05) is 0 Å². The van der Waals surface area contributed by atoms with Crippen LogP contribution in [-0.4, -0.2) is 44.0 Å². The predicted octanol–water partition coefficient (Wildman–Crippen LogP) is -0.460. The lowest BCUT2D eigenvalue weighted by Crippen LogP contribution is -2.25. The lowest BCUT2D eigenvalue weighted by molar-refractivity contribution is 0.601. The maximum absolute atomic E-state index is 10.9. The topological polar surface area (TPSA) is 89.2 Å². The van der Waals surface area contributed by atoms with E-state index in [4.69, 9.17) is 5.73 Å². The van der Waals surface area contributed by atoms with Gasteiger partial charge >= 0.3 is 0 Å². The summed E-state index contributed by atoms with van der Waals surface area (Å²) in [4.78, 5) is 9.45. The van der Waals surface area contributed by atoms with Gasteiger partial charge in [0.15, 0.2) is 0 Å². The maximum atomic E-state index is 10.9. The molecular formula is C8H14N4O2S. The fourth-order valence-electron chi connectivity index (χ4n) is 0.994. The second kappa shape index (κ2) is 4.43. The van der Waals surface area contributed by atoms with E-state index in [0.717, 1.165) is 0 Å². The van der Waals surface area contributed by atoms with Gasteiger partial charge in [-0.15, -0.1) is 0 Å². The maximum Gasteiger partial charge on any atom is 0.221 e. The van der Waals surface area contributed by atoms with Crippen molar-refractivity contribution in [3.05, 3.63) is 12.3 Å². The van der Waals surface area contributed by atoms with Crippen molar-refractivity contribution in [2.24, 2.45) is 0 Å². The molecular weight excluding hydrogens is 216 g/mol. The van der Waals surface area contributed by atoms with Crippen molar-refractivity contribution in [1.82, 2.24) is 9.97 Å². The molecule has 0 fully saturated rings. The average Bonchev–Trinajstić information content (AvgIpc) is 2.13. The smallest absolute Gasteiger partial charge is 0.221 e. The highest BCUT2D eigenvalue weighted by Gasteiger charge is 2.07. The third-order valence-corrected chi connectivity index (χ3v) is 2.77. The summed E-state index contributed by atoms with van der Waals surface area (Å²) >= 11 is 0. The Bertz CT molecular complexity index is 432. The zero-order chi connectivity index (χ0) is 11.5. The summed E-state index contributed by atoms with van der Waals surface area (Å²) < 4.78 is 21.9. The van der Waals surface area contributed by atoms with Crippen molar-refractivity contribution in [3.63, 3.8) is 0 Å². The number of hydrogen-bond acceptors (Lipinski definition) is 6. The molecule has 0 saturated carbocycles. The molecule has 0 radical (unpaired) electrons. The van der Waals surface area contributed by atoms with Crippen molar-refractivity contribution >= 4 is 21.6 Å². The van der Waals surface area contributed by atoms with E-state index >= 15 is 0 Å². The van der Waals surface area contributed by atoms with Crippen LogP contribution < -0.4 is 10.6 Å². The Balaban J connectivity index is 2.65. The van der Waals surface area contributed by atoms with Gasteiger partial charge in [-0.2, -0.15) is 4.98 Å². The van der Waals surface area contributed by atoms with E-state index in [1.165, 1.54) is 12.5 Å². The molecule has 0 spiro atoms. The molecule has 0 bridgehead atoms. The molecule has 0 amide bonds. The normalized spacial score (nSPS) is 11.3. The van der Waals surface area contributed by atoms with E-state index in [2.05, 4.69) is 9.97 Å². The molecule has 0 unspecified atom stereocenters. The predicted molar refractivity (Wildman–Crippen MR) is 59.4 cm³/mol. The molecule has 1 aromatic rings. The van der Waals surface area contributed by atoms with Gasteiger partial charge in [0.25, 0.3) is 0 Å². The number of hydrogen-bond donors (Lipinski definition) is 1. The Morgan fingerprint density at radius 2 is 2.20 bits per heavy atom. The van der Waals surface area contributed by atoms with Gasteiger partial charge in [0.1, 0.15) is 15.7 Å². The van der Waals surface area contributed by atoms with Crippen molar-refractivity contribution in [2.45, 2.75) is 0 Å². The molecule has 0 aliphatic rings. The SMILES string of the molecule is CN(CCS(C)(=O)=O)c1ccnc(N)n1. The Morgan fingerprint density at radius 3 is 2.73 bits per heavy atom. The fraction of sp³-hybridized carbons (Fsp3) is 0.500. The summed E-state index contributed by atoms with van der Waals surface area (Å²) in [5.41, 5.74) is 5.41. The van der Waals surface area contributed by atoms with Gasteiger partial charge < -0.3 is 10.6 Å². The molecule has 15 heavy (non-hydrogen) atoms. The second-order valence-electron chi connectivity index (χ2n) is 3.32. The van der Waals surface area contributed by atoms with E-state index in [9.17, 15) is 8.42 Å². The zero-order valence-electron chi connectivity index (χ0n) is 8.71. The Hall–Kier alpha value is -1.37. The van der Waals surface area contributed by atoms with Crippen molar-refractivity contribution in [3.8, 4) is 0 Å². The van der Waals surface area contributed by atoms with Gasteiger partial charge in [-0.05, 0) is 6.07 Å². The van der Waals surface area contributed by atoms with Crippen LogP contribution in [0.15, 0.2) is 12.3 Å². The highest BCUT2D eigenvalue weighted by molar-refractivity contribution is 7.90. The molecule has 0 aliphatic heterocycles. The third kappa shape index (κ3) is 4.11.